The van der Waals surface area contributed by atoms with E-state index in [0.717, 1.165) is 22.8 Å². The number of aryl methyl sites for hydroxylation is 1. The number of rotatable bonds is 1. The maximum atomic E-state index is 11.4. The monoisotopic (exact) mass is 224 g/mol. The van der Waals surface area contributed by atoms with Gasteiger partial charge in [0.2, 0.25) is 0 Å². The summed E-state index contributed by atoms with van der Waals surface area (Å²) in [6.07, 6.45) is 0.829. The van der Waals surface area contributed by atoms with Gasteiger partial charge in [-0.2, -0.15) is 0 Å². The summed E-state index contributed by atoms with van der Waals surface area (Å²) >= 11 is 0. The fourth-order valence-corrected chi connectivity index (χ4v) is 2.30. The smallest absolute Gasteiger partial charge is 0.336 e. The predicted octanol–water partition coefficient (Wildman–Crippen LogP) is 3.51. The fraction of sp³-hybridized carbons (Fsp3) is 0.133. The van der Waals surface area contributed by atoms with Crippen molar-refractivity contribution in [3.8, 4) is 0 Å². The number of benzene rings is 2. The van der Waals surface area contributed by atoms with Gasteiger partial charge in [-0.25, -0.2) is 4.79 Å². The van der Waals surface area contributed by atoms with E-state index in [1.165, 1.54) is 5.39 Å². The van der Waals surface area contributed by atoms with Gasteiger partial charge in [0.1, 0.15) is 5.58 Å². The van der Waals surface area contributed by atoms with Gasteiger partial charge in [0.15, 0.2) is 0 Å². The topological polar surface area (TPSA) is 30.2 Å². The quantitative estimate of drug-likeness (QED) is 0.467. The van der Waals surface area contributed by atoms with Crippen LogP contribution in [-0.2, 0) is 6.42 Å². The Bertz CT molecular complexity index is 754. The molecule has 17 heavy (non-hydrogen) atoms. The third-order valence-corrected chi connectivity index (χ3v) is 3.10. The second-order valence-corrected chi connectivity index (χ2v) is 4.10. The van der Waals surface area contributed by atoms with Gasteiger partial charge in [-0.05, 0) is 28.8 Å². The molecule has 0 radical (unpaired) electrons. The minimum atomic E-state index is -0.273. The standard InChI is InChI=1S/C15H12O2/c1-2-10-9-14(16)17-13-8-7-11-5-3-4-6-12(11)15(10)13/h3-9H,2H2,1H3. The molecule has 0 saturated heterocycles. The molecule has 3 aromatic rings. The van der Waals surface area contributed by atoms with E-state index in [1.54, 1.807) is 6.07 Å². The Hall–Kier alpha value is -2.09. The lowest BCUT2D eigenvalue weighted by Gasteiger charge is -2.06. The van der Waals surface area contributed by atoms with Crippen LogP contribution in [0.3, 0.4) is 0 Å². The van der Waals surface area contributed by atoms with Gasteiger partial charge in [-0.1, -0.05) is 37.3 Å². The molecule has 0 amide bonds. The first kappa shape index (κ1) is 10.1. The van der Waals surface area contributed by atoms with Crippen LogP contribution in [0, 0.1) is 0 Å². The SMILES string of the molecule is CCc1cc(=O)oc2ccc3ccccc3c12. The van der Waals surface area contributed by atoms with Crippen LogP contribution in [0.15, 0.2) is 51.7 Å². The molecule has 3 rings (SSSR count). The summed E-state index contributed by atoms with van der Waals surface area (Å²) in [5, 5.41) is 3.37. The molecule has 1 heterocycles. The normalized spacial score (nSPS) is 11.1. The zero-order valence-electron chi connectivity index (χ0n) is 9.57. The number of hydrogen-bond donors (Lipinski definition) is 0. The van der Waals surface area contributed by atoms with Crippen LogP contribution in [0.2, 0.25) is 0 Å². The molecule has 1 aromatic heterocycles. The van der Waals surface area contributed by atoms with Crippen molar-refractivity contribution < 1.29 is 4.42 Å². The molecule has 2 nitrogen and oxygen atoms in total. The van der Waals surface area contributed by atoms with Crippen LogP contribution < -0.4 is 5.63 Å². The summed E-state index contributed by atoms with van der Waals surface area (Å²) in [7, 11) is 0. The highest BCUT2D eigenvalue weighted by Crippen LogP contribution is 2.27. The van der Waals surface area contributed by atoms with E-state index in [2.05, 4.69) is 19.1 Å². The Balaban J connectivity index is 2.60. The number of hydrogen-bond acceptors (Lipinski definition) is 2. The highest BCUT2D eigenvalue weighted by Gasteiger charge is 2.07. The van der Waals surface area contributed by atoms with Gasteiger partial charge in [-0.15, -0.1) is 0 Å². The predicted molar refractivity (Wildman–Crippen MR) is 69.4 cm³/mol. The molecule has 0 aliphatic heterocycles. The average molecular weight is 224 g/mol. The van der Waals surface area contributed by atoms with Gasteiger partial charge < -0.3 is 4.42 Å². The van der Waals surface area contributed by atoms with Crippen LogP contribution in [0.1, 0.15) is 12.5 Å². The van der Waals surface area contributed by atoms with Crippen LogP contribution in [-0.4, -0.2) is 0 Å². The molecule has 2 heteroatoms. The maximum absolute atomic E-state index is 11.4. The molecule has 0 N–H and O–H groups in total. The first-order chi connectivity index (χ1) is 8.29. The third-order valence-electron chi connectivity index (χ3n) is 3.10. The molecular formula is C15H12O2. The van der Waals surface area contributed by atoms with Crippen LogP contribution in [0.4, 0.5) is 0 Å². The Labute approximate surface area is 98.5 Å². The van der Waals surface area contributed by atoms with Crippen molar-refractivity contribution in [3.05, 3.63) is 58.4 Å². The van der Waals surface area contributed by atoms with Gasteiger partial charge in [-0.3, -0.25) is 0 Å². The maximum Gasteiger partial charge on any atom is 0.336 e. The van der Waals surface area contributed by atoms with Gasteiger partial charge >= 0.3 is 5.63 Å². The first-order valence-corrected chi connectivity index (χ1v) is 5.74. The highest BCUT2D eigenvalue weighted by atomic mass is 16.4. The Kier molecular flexibility index (Phi) is 2.22. The van der Waals surface area contributed by atoms with Gasteiger partial charge in [0.25, 0.3) is 0 Å². The van der Waals surface area contributed by atoms with Crippen molar-refractivity contribution in [2.45, 2.75) is 13.3 Å². The van der Waals surface area contributed by atoms with E-state index in [1.807, 2.05) is 24.3 Å². The van der Waals surface area contributed by atoms with Crippen molar-refractivity contribution in [2.75, 3.05) is 0 Å². The lowest BCUT2D eigenvalue weighted by Crippen LogP contribution is -2.00. The van der Waals surface area contributed by atoms with Crippen molar-refractivity contribution in [1.29, 1.82) is 0 Å². The molecule has 2 aromatic carbocycles. The van der Waals surface area contributed by atoms with E-state index in [-0.39, 0.29) is 5.63 Å². The minimum Gasteiger partial charge on any atom is -0.423 e. The molecule has 0 fully saturated rings. The molecule has 0 saturated carbocycles. The lowest BCUT2D eigenvalue weighted by atomic mass is 10.0. The van der Waals surface area contributed by atoms with E-state index < -0.39 is 0 Å². The van der Waals surface area contributed by atoms with E-state index in [9.17, 15) is 4.79 Å². The van der Waals surface area contributed by atoms with Crippen molar-refractivity contribution in [1.82, 2.24) is 0 Å². The van der Waals surface area contributed by atoms with E-state index >= 15 is 0 Å². The van der Waals surface area contributed by atoms with Crippen molar-refractivity contribution in [3.63, 3.8) is 0 Å². The van der Waals surface area contributed by atoms with E-state index in [0.29, 0.717) is 5.58 Å². The summed E-state index contributed by atoms with van der Waals surface area (Å²) in [6.45, 7) is 2.05. The second-order valence-electron chi connectivity index (χ2n) is 4.10. The fourth-order valence-electron chi connectivity index (χ4n) is 2.30. The zero-order chi connectivity index (χ0) is 11.8. The van der Waals surface area contributed by atoms with Gasteiger partial charge in [0, 0.05) is 11.5 Å². The third kappa shape index (κ3) is 1.53. The summed E-state index contributed by atoms with van der Waals surface area (Å²) < 4.78 is 5.26. The molecule has 0 atom stereocenters. The summed E-state index contributed by atoms with van der Waals surface area (Å²) in [5.41, 5.74) is 1.45. The number of fused-ring (bicyclic) bond motifs is 3. The minimum absolute atomic E-state index is 0.273. The summed E-state index contributed by atoms with van der Waals surface area (Å²) in [6, 6.07) is 13.6. The zero-order valence-corrected chi connectivity index (χ0v) is 9.57. The highest BCUT2D eigenvalue weighted by molar-refractivity contribution is 6.06. The Morgan fingerprint density at radius 3 is 2.76 bits per heavy atom. The van der Waals surface area contributed by atoms with Gasteiger partial charge in [0.05, 0.1) is 0 Å². The molecule has 0 spiro atoms. The Morgan fingerprint density at radius 1 is 1.12 bits per heavy atom. The van der Waals surface area contributed by atoms with Crippen LogP contribution in [0.25, 0.3) is 21.7 Å². The largest absolute Gasteiger partial charge is 0.423 e. The van der Waals surface area contributed by atoms with Crippen LogP contribution >= 0.6 is 0 Å². The molecule has 0 aliphatic carbocycles. The second kappa shape index (κ2) is 3.74. The van der Waals surface area contributed by atoms with Crippen LogP contribution in [0.5, 0.6) is 0 Å². The lowest BCUT2D eigenvalue weighted by molar-refractivity contribution is 0.559. The first-order valence-electron chi connectivity index (χ1n) is 5.74. The molecular weight excluding hydrogens is 212 g/mol. The summed E-state index contributed by atoms with van der Waals surface area (Å²) in [5.74, 6) is 0. The molecule has 0 aliphatic rings. The summed E-state index contributed by atoms with van der Waals surface area (Å²) in [4.78, 5) is 11.4. The average Bonchev–Trinajstić information content (AvgIpc) is 2.37. The molecule has 84 valence electrons. The van der Waals surface area contributed by atoms with Crippen molar-refractivity contribution in [2.24, 2.45) is 0 Å². The Morgan fingerprint density at radius 2 is 1.94 bits per heavy atom. The molecule has 0 unspecified atom stereocenters. The molecule has 0 bridgehead atoms. The van der Waals surface area contributed by atoms with Crippen molar-refractivity contribution >= 4 is 21.7 Å². The van der Waals surface area contributed by atoms with E-state index in [4.69, 9.17) is 4.42 Å².